The molecular formula is C29H32ClN3O6S2. The Kier molecular flexibility index (Phi) is 9.12. The van der Waals surface area contributed by atoms with E-state index in [-0.39, 0.29) is 19.1 Å². The van der Waals surface area contributed by atoms with Crippen molar-refractivity contribution in [3.05, 3.63) is 92.1 Å². The number of aliphatic hydroxyl groups excluding tert-OH is 1. The normalized spacial score (nSPS) is 22.8. The van der Waals surface area contributed by atoms with E-state index in [0.29, 0.717) is 34.6 Å². The number of rotatable bonds is 9. The Morgan fingerprint density at radius 2 is 1.88 bits per heavy atom. The molecule has 2 heterocycles. The number of hydroxylamine groups is 1. The number of carbonyl (C=O) groups excluding carboxylic acids is 2. The SMILES string of the molecule is CS(=O)(=O)N[C@H]1CCCC[C@@H]1N1C(=O)c2ccccc2[C@@H](C(=O)NOCc2cc(CO)cs2)[C@@H]1c1ccc(Cl)cc1. The number of halogens is 1. The molecule has 2 aromatic carbocycles. The Balaban J connectivity index is 1.55. The van der Waals surface area contributed by atoms with Gasteiger partial charge in [0.1, 0.15) is 6.61 Å². The molecule has 2 amide bonds. The van der Waals surface area contributed by atoms with Crippen LogP contribution in [0.25, 0.3) is 0 Å². The van der Waals surface area contributed by atoms with Crippen molar-refractivity contribution in [1.82, 2.24) is 15.1 Å². The van der Waals surface area contributed by atoms with Crippen LogP contribution >= 0.6 is 22.9 Å². The lowest BCUT2D eigenvalue weighted by Crippen LogP contribution is -2.59. The van der Waals surface area contributed by atoms with Crippen LogP contribution in [0.5, 0.6) is 0 Å². The predicted molar refractivity (Wildman–Crippen MR) is 157 cm³/mol. The van der Waals surface area contributed by atoms with E-state index in [1.165, 1.54) is 11.3 Å². The minimum absolute atomic E-state index is 0.0787. The average molecular weight is 618 g/mol. The lowest BCUT2D eigenvalue weighted by molar-refractivity contribution is -0.138. The zero-order chi connectivity index (χ0) is 29.1. The van der Waals surface area contributed by atoms with Crippen molar-refractivity contribution < 1.29 is 28.0 Å². The molecule has 0 radical (unpaired) electrons. The van der Waals surface area contributed by atoms with Crippen molar-refractivity contribution in [2.75, 3.05) is 6.26 Å². The van der Waals surface area contributed by atoms with Gasteiger partial charge in [-0.1, -0.05) is 54.8 Å². The van der Waals surface area contributed by atoms with Crippen molar-refractivity contribution in [3.63, 3.8) is 0 Å². The van der Waals surface area contributed by atoms with Gasteiger partial charge in [-0.2, -0.15) is 0 Å². The fourth-order valence-electron chi connectivity index (χ4n) is 5.90. The van der Waals surface area contributed by atoms with Crippen molar-refractivity contribution in [1.29, 1.82) is 0 Å². The highest BCUT2D eigenvalue weighted by Crippen LogP contribution is 2.46. The van der Waals surface area contributed by atoms with Crippen LogP contribution in [0.15, 0.2) is 60.0 Å². The van der Waals surface area contributed by atoms with Crippen LogP contribution < -0.4 is 10.2 Å². The zero-order valence-corrected chi connectivity index (χ0v) is 24.8. The molecule has 2 aliphatic rings. The van der Waals surface area contributed by atoms with Crippen LogP contribution in [0.3, 0.4) is 0 Å². The van der Waals surface area contributed by atoms with E-state index >= 15 is 0 Å². The number of amides is 2. The van der Waals surface area contributed by atoms with Crippen LogP contribution in [0.1, 0.15) is 69.6 Å². The van der Waals surface area contributed by atoms with Gasteiger partial charge in [-0.15, -0.1) is 11.3 Å². The third-order valence-corrected chi connectivity index (χ3v) is 9.54. The molecule has 12 heteroatoms. The van der Waals surface area contributed by atoms with Crippen molar-refractivity contribution in [3.8, 4) is 0 Å². The first kappa shape index (κ1) is 29.7. The van der Waals surface area contributed by atoms with Crippen LogP contribution in [0, 0.1) is 0 Å². The minimum atomic E-state index is -3.55. The quantitative estimate of drug-likeness (QED) is 0.308. The molecule has 4 atom stereocenters. The molecular weight excluding hydrogens is 586 g/mol. The molecule has 0 saturated heterocycles. The first-order valence-corrected chi connectivity index (χ1v) is 16.5. The van der Waals surface area contributed by atoms with Crippen molar-refractivity contribution in [2.24, 2.45) is 0 Å². The maximum atomic E-state index is 14.2. The summed E-state index contributed by atoms with van der Waals surface area (Å²) in [5, 5.41) is 11.7. The van der Waals surface area contributed by atoms with E-state index in [1.54, 1.807) is 53.4 Å². The number of thiophene rings is 1. The number of nitrogens with one attached hydrogen (secondary N) is 2. The second-order valence-corrected chi connectivity index (χ2v) is 13.7. The minimum Gasteiger partial charge on any atom is -0.392 e. The number of carbonyl (C=O) groups is 2. The molecule has 1 aromatic heterocycles. The Labute approximate surface area is 248 Å². The van der Waals surface area contributed by atoms with Crippen molar-refractivity contribution >= 4 is 44.8 Å². The molecule has 1 aliphatic heterocycles. The van der Waals surface area contributed by atoms with Gasteiger partial charge in [-0.25, -0.2) is 18.6 Å². The number of fused-ring (bicyclic) bond motifs is 1. The number of hydrogen-bond acceptors (Lipinski definition) is 7. The summed E-state index contributed by atoms with van der Waals surface area (Å²) in [5.41, 5.74) is 5.03. The molecule has 0 unspecified atom stereocenters. The van der Waals surface area contributed by atoms with Gasteiger partial charge in [0.25, 0.3) is 11.8 Å². The van der Waals surface area contributed by atoms with E-state index in [0.717, 1.165) is 29.5 Å². The zero-order valence-electron chi connectivity index (χ0n) is 22.5. The second-order valence-electron chi connectivity index (χ2n) is 10.5. The van der Waals surface area contributed by atoms with Gasteiger partial charge in [-0.3, -0.25) is 14.4 Å². The molecule has 1 saturated carbocycles. The number of hydrogen-bond donors (Lipinski definition) is 3. The maximum Gasteiger partial charge on any atom is 0.255 e. The standard InChI is InChI=1S/C29H32ClN3O6S2/c1-41(37,38)32-24-8-4-5-9-25(24)33-27(19-10-12-20(30)13-11-19)26(22-6-2-3-7-23(22)29(33)36)28(35)31-39-16-21-14-18(15-34)17-40-21/h2-3,6-7,10-14,17,24-27,32,34H,4-5,8-9,15-16H2,1H3,(H,31,35)/t24-,25-,26+,27-/m0/s1. The van der Waals surface area contributed by atoms with Crippen molar-refractivity contribution in [2.45, 2.75) is 62.9 Å². The fourth-order valence-corrected chi connectivity index (χ4v) is 7.64. The van der Waals surface area contributed by atoms with E-state index < -0.39 is 40.0 Å². The summed E-state index contributed by atoms with van der Waals surface area (Å²) >= 11 is 7.62. The largest absolute Gasteiger partial charge is 0.392 e. The topological polar surface area (TPSA) is 125 Å². The first-order valence-electron chi connectivity index (χ1n) is 13.4. The van der Waals surface area contributed by atoms with Gasteiger partial charge in [0.2, 0.25) is 10.0 Å². The second kappa shape index (κ2) is 12.6. The fraction of sp³-hybridized carbons (Fsp3) is 0.379. The van der Waals surface area contributed by atoms with Crippen LogP contribution in [-0.4, -0.2) is 48.6 Å². The molecule has 1 fully saturated rings. The molecule has 5 rings (SSSR count). The number of sulfonamides is 1. The van der Waals surface area contributed by atoms with Crippen LogP contribution in [0.2, 0.25) is 5.02 Å². The highest BCUT2D eigenvalue weighted by Gasteiger charge is 2.49. The third-order valence-electron chi connectivity index (χ3n) is 7.60. The Bertz CT molecular complexity index is 1510. The van der Waals surface area contributed by atoms with Gasteiger partial charge in [0.05, 0.1) is 24.8 Å². The number of aliphatic hydroxyl groups is 1. The Morgan fingerprint density at radius 1 is 1.15 bits per heavy atom. The molecule has 3 aromatic rings. The average Bonchev–Trinajstić information content (AvgIpc) is 3.41. The summed E-state index contributed by atoms with van der Waals surface area (Å²) < 4.78 is 27.4. The number of nitrogens with zero attached hydrogens (tertiary/aromatic N) is 1. The highest BCUT2D eigenvalue weighted by atomic mass is 35.5. The summed E-state index contributed by atoms with van der Waals surface area (Å²) in [4.78, 5) is 36.3. The summed E-state index contributed by atoms with van der Waals surface area (Å²) in [6.45, 7) is 0.0344. The van der Waals surface area contributed by atoms with E-state index in [1.807, 2.05) is 11.4 Å². The van der Waals surface area contributed by atoms with Gasteiger partial charge < -0.3 is 10.0 Å². The van der Waals surface area contributed by atoms with Gasteiger partial charge in [-0.05, 0) is 59.2 Å². The van der Waals surface area contributed by atoms with E-state index in [9.17, 15) is 23.1 Å². The van der Waals surface area contributed by atoms with Gasteiger partial charge >= 0.3 is 0 Å². The van der Waals surface area contributed by atoms with Crippen LogP contribution in [-0.2, 0) is 32.9 Å². The molecule has 41 heavy (non-hydrogen) atoms. The summed E-state index contributed by atoms with van der Waals surface area (Å²) in [5.74, 6) is -1.53. The maximum absolute atomic E-state index is 14.2. The third kappa shape index (κ3) is 6.66. The van der Waals surface area contributed by atoms with Gasteiger partial charge in [0, 0.05) is 27.5 Å². The first-order chi connectivity index (χ1) is 19.7. The summed E-state index contributed by atoms with van der Waals surface area (Å²) in [7, 11) is -3.55. The predicted octanol–water partition coefficient (Wildman–Crippen LogP) is 4.28. The van der Waals surface area contributed by atoms with Crippen LogP contribution in [0.4, 0.5) is 0 Å². The van der Waals surface area contributed by atoms with Gasteiger partial charge in [0.15, 0.2) is 0 Å². The lowest BCUT2D eigenvalue weighted by Gasteiger charge is -2.49. The van der Waals surface area contributed by atoms with E-state index in [4.69, 9.17) is 16.4 Å². The Morgan fingerprint density at radius 3 is 2.59 bits per heavy atom. The monoisotopic (exact) mass is 617 g/mol. The summed E-state index contributed by atoms with van der Waals surface area (Å²) in [6.07, 6.45) is 3.93. The highest BCUT2D eigenvalue weighted by molar-refractivity contribution is 7.88. The lowest BCUT2D eigenvalue weighted by atomic mass is 9.76. The van der Waals surface area contributed by atoms with E-state index in [2.05, 4.69) is 10.2 Å². The number of benzene rings is 2. The molecule has 0 spiro atoms. The smallest absolute Gasteiger partial charge is 0.255 e. The molecule has 218 valence electrons. The molecule has 1 aliphatic carbocycles. The Hall–Kier alpha value is -2.80. The molecule has 3 N–H and O–H groups in total. The molecule has 9 nitrogen and oxygen atoms in total. The summed E-state index contributed by atoms with van der Waals surface area (Å²) in [6, 6.07) is 14.1. The molecule has 0 bridgehead atoms.